The Morgan fingerprint density at radius 3 is 2.50 bits per heavy atom. The van der Waals surface area contributed by atoms with E-state index in [0.29, 0.717) is 18.2 Å². The Morgan fingerprint density at radius 1 is 1.21 bits per heavy atom. The minimum atomic E-state index is -0.544. The SMILES string of the molecule is CCCN(C(=S)NCCN(C)C)c1c(N)n(Cc2ccccc2)c(=O)[nH]c1=O. The van der Waals surface area contributed by atoms with E-state index >= 15 is 0 Å². The average molecular weight is 405 g/mol. The maximum Gasteiger partial charge on any atom is 0.330 e. The first-order valence-electron chi connectivity index (χ1n) is 9.21. The van der Waals surface area contributed by atoms with Gasteiger partial charge < -0.3 is 20.9 Å². The first kappa shape index (κ1) is 21.6. The van der Waals surface area contributed by atoms with Crippen LogP contribution in [-0.2, 0) is 6.54 Å². The van der Waals surface area contributed by atoms with Crippen molar-refractivity contribution in [3.05, 3.63) is 56.7 Å². The molecule has 0 atom stereocenters. The molecule has 0 saturated heterocycles. The number of nitrogens with zero attached hydrogens (tertiary/aromatic N) is 3. The normalized spacial score (nSPS) is 10.9. The molecule has 2 rings (SSSR count). The van der Waals surface area contributed by atoms with Gasteiger partial charge in [-0.1, -0.05) is 37.3 Å². The number of benzene rings is 1. The molecule has 0 saturated carbocycles. The third-order valence-electron chi connectivity index (χ3n) is 4.20. The van der Waals surface area contributed by atoms with E-state index in [2.05, 4.69) is 10.3 Å². The van der Waals surface area contributed by atoms with Gasteiger partial charge >= 0.3 is 5.69 Å². The predicted octanol–water partition coefficient (Wildman–Crippen LogP) is 0.820. The quantitative estimate of drug-likeness (QED) is 0.560. The van der Waals surface area contributed by atoms with E-state index in [1.165, 1.54) is 4.57 Å². The van der Waals surface area contributed by atoms with Crippen LogP contribution in [-0.4, -0.2) is 53.3 Å². The summed E-state index contributed by atoms with van der Waals surface area (Å²) in [6.07, 6.45) is 0.756. The van der Waals surface area contributed by atoms with E-state index < -0.39 is 11.2 Å². The van der Waals surface area contributed by atoms with Crippen molar-refractivity contribution < 1.29 is 0 Å². The molecule has 2 aromatic rings. The summed E-state index contributed by atoms with van der Waals surface area (Å²) in [5.74, 6) is 0.0998. The molecule has 0 aliphatic heterocycles. The van der Waals surface area contributed by atoms with E-state index in [9.17, 15) is 9.59 Å². The number of likely N-dealkylation sites (N-methyl/N-ethyl adjacent to an activating group) is 1. The summed E-state index contributed by atoms with van der Waals surface area (Å²) in [6.45, 7) is 4.17. The molecule has 0 fully saturated rings. The number of nitrogens with one attached hydrogen (secondary N) is 2. The molecule has 0 aliphatic rings. The van der Waals surface area contributed by atoms with Crippen molar-refractivity contribution in [2.24, 2.45) is 0 Å². The summed E-state index contributed by atoms with van der Waals surface area (Å²) >= 11 is 5.50. The van der Waals surface area contributed by atoms with Gasteiger partial charge in [-0.2, -0.15) is 0 Å². The molecule has 0 unspecified atom stereocenters. The van der Waals surface area contributed by atoms with Crippen LogP contribution in [0.15, 0.2) is 39.9 Å². The maximum absolute atomic E-state index is 12.6. The molecule has 0 aliphatic carbocycles. The average Bonchev–Trinajstić information content (AvgIpc) is 2.64. The van der Waals surface area contributed by atoms with Crippen LogP contribution in [0.2, 0.25) is 0 Å². The lowest BCUT2D eigenvalue weighted by Crippen LogP contribution is -2.47. The highest BCUT2D eigenvalue weighted by atomic mass is 32.1. The van der Waals surface area contributed by atoms with Crippen LogP contribution in [0, 0.1) is 0 Å². The third-order valence-corrected chi connectivity index (χ3v) is 4.56. The van der Waals surface area contributed by atoms with Gasteiger partial charge in [0.25, 0.3) is 5.56 Å². The monoisotopic (exact) mass is 404 g/mol. The highest BCUT2D eigenvalue weighted by Crippen LogP contribution is 2.18. The summed E-state index contributed by atoms with van der Waals surface area (Å²) in [7, 11) is 3.94. The Hall–Kier alpha value is -2.65. The Kier molecular flexibility index (Phi) is 7.77. The first-order valence-corrected chi connectivity index (χ1v) is 9.62. The zero-order valence-corrected chi connectivity index (χ0v) is 17.4. The van der Waals surface area contributed by atoms with Gasteiger partial charge in [0, 0.05) is 19.6 Å². The van der Waals surface area contributed by atoms with Crippen molar-refractivity contribution in [2.75, 3.05) is 44.4 Å². The van der Waals surface area contributed by atoms with Crippen molar-refractivity contribution in [1.29, 1.82) is 0 Å². The number of nitrogen functional groups attached to an aromatic ring is 1. The Balaban J connectivity index is 2.40. The standard InChI is InChI=1S/C19H28N6O2S/c1-4-11-24(19(28)21-10-12-23(2)3)15-16(20)25(18(27)22-17(15)26)13-14-8-6-5-7-9-14/h5-9H,4,10-13,20H2,1-3H3,(H,21,28)(H,22,26,27). The van der Waals surface area contributed by atoms with E-state index in [4.69, 9.17) is 18.0 Å². The largest absolute Gasteiger partial charge is 0.383 e. The lowest BCUT2D eigenvalue weighted by molar-refractivity contribution is 0.412. The lowest BCUT2D eigenvalue weighted by Gasteiger charge is -2.27. The molecule has 152 valence electrons. The van der Waals surface area contributed by atoms with Gasteiger partial charge in [0.1, 0.15) is 5.82 Å². The second-order valence-electron chi connectivity index (χ2n) is 6.75. The minimum absolute atomic E-state index is 0.0998. The first-order chi connectivity index (χ1) is 13.3. The number of aromatic nitrogens is 2. The van der Waals surface area contributed by atoms with Gasteiger partial charge in [-0.05, 0) is 38.3 Å². The number of hydrogen-bond donors (Lipinski definition) is 3. The van der Waals surface area contributed by atoms with Crippen molar-refractivity contribution in [3.63, 3.8) is 0 Å². The van der Waals surface area contributed by atoms with Crippen LogP contribution in [0.5, 0.6) is 0 Å². The zero-order valence-electron chi connectivity index (χ0n) is 16.6. The number of hydrogen-bond acceptors (Lipinski definition) is 5. The molecule has 4 N–H and O–H groups in total. The molecular weight excluding hydrogens is 376 g/mol. The molecule has 0 bridgehead atoms. The topological polar surface area (TPSA) is 99.4 Å². The van der Waals surface area contributed by atoms with Crippen LogP contribution in [0.1, 0.15) is 18.9 Å². The highest BCUT2D eigenvalue weighted by molar-refractivity contribution is 7.80. The van der Waals surface area contributed by atoms with Crippen molar-refractivity contribution in [3.8, 4) is 0 Å². The van der Waals surface area contributed by atoms with E-state index in [-0.39, 0.29) is 18.1 Å². The number of aromatic amines is 1. The van der Waals surface area contributed by atoms with Crippen LogP contribution >= 0.6 is 12.2 Å². The number of anilines is 2. The van der Waals surface area contributed by atoms with Gasteiger partial charge in [-0.15, -0.1) is 0 Å². The van der Waals surface area contributed by atoms with Crippen LogP contribution in [0.25, 0.3) is 0 Å². The fourth-order valence-electron chi connectivity index (χ4n) is 2.78. The number of rotatable bonds is 8. The summed E-state index contributed by atoms with van der Waals surface area (Å²) in [6, 6.07) is 9.46. The molecule has 1 heterocycles. The van der Waals surface area contributed by atoms with Gasteiger partial charge in [-0.25, -0.2) is 4.79 Å². The highest BCUT2D eigenvalue weighted by Gasteiger charge is 2.21. The van der Waals surface area contributed by atoms with Crippen molar-refractivity contribution in [1.82, 2.24) is 19.8 Å². The Labute approximate surface area is 170 Å². The minimum Gasteiger partial charge on any atom is -0.383 e. The van der Waals surface area contributed by atoms with E-state index in [1.54, 1.807) is 4.90 Å². The second kappa shape index (κ2) is 10.0. The number of H-pyrrole nitrogens is 1. The van der Waals surface area contributed by atoms with Gasteiger partial charge in [-0.3, -0.25) is 14.3 Å². The number of nitrogens with two attached hydrogens (primary N) is 1. The lowest BCUT2D eigenvalue weighted by atomic mass is 10.2. The molecule has 28 heavy (non-hydrogen) atoms. The fourth-order valence-corrected chi connectivity index (χ4v) is 3.07. The molecule has 0 amide bonds. The van der Waals surface area contributed by atoms with Gasteiger partial charge in [0.05, 0.1) is 6.54 Å². The van der Waals surface area contributed by atoms with E-state index in [0.717, 1.165) is 18.5 Å². The molecule has 8 nitrogen and oxygen atoms in total. The predicted molar refractivity (Wildman–Crippen MR) is 118 cm³/mol. The number of thiocarbonyl (C=S) groups is 1. The zero-order chi connectivity index (χ0) is 20.7. The molecule has 1 aromatic carbocycles. The third kappa shape index (κ3) is 5.43. The molecule has 9 heteroatoms. The molecule has 0 spiro atoms. The van der Waals surface area contributed by atoms with Gasteiger partial charge in [0.15, 0.2) is 10.8 Å². The Bertz CT molecular complexity index is 907. The van der Waals surface area contributed by atoms with Crippen LogP contribution in [0.3, 0.4) is 0 Å². The van der Waals surface area contributed by atoms with Crippen LogP contribution < -0.4 is 27.2 Å². The summed E-state index contributed by atoms with van der Waals surface area (Å²) < 4.78 is 1.36. The maximum atomic E-state index is 12.6. The molecule has 0 radical (unpaired) electrons. The summed E-state index contributed by atoms with van der Waals surface area (Å²) in [5.41, 5.74) is 6.30. The van der Waals surface area contributed by atoms with E-state index in [1.807, 2.05) is 56.3 Å². The summed E-state index contributed by atoms with van der Waals surface area (Å²) in [5, 5.41) is 3.56. The van der Waals surface area contributed by atoms with Crippen molar-refractivity contribution in [2.45, 2.75) is 19.9 Å². The smallest absolute Gasteiger partial charge is 0.330 e. The Morgan fingerprint density at radius 2 is 1.89 bits per heavy atom. The second-order valence-corrected chi connectivity index (χ2v) is 7.14. The molecular formula is C19H28N6O2S. The molecule has 1 aromatic heterocycles. The van der Waals surface area contributed by atoms with Gasteiger partial charge in [0.2, 0.25) is 0 Å². The summed E-state index contributed by atoms with van der Waals surface area (Å²) in [4.78, 5) is 31.0. The fraction of sp³-hybridized carbons (Fsp3) is 0.421. The van der Waals surface area contributed by atoms with Crippen LogP contribution in [0.4, 0.5) is 11.5 Å². The van der Waals surface area contributed by atoms with Crippen molar-refractivity contribution >= 4 is 28.8 Å².